The van der Waals surface area contributed by atoms with Crippen LogP contribution >= 0.6 is 0 Å². The summed E-state index contributed by atoms with van der Waals surface area (Å²) < 4.78 is 17.2. The molecule has 4 nitrogen and oxygen atoms in total. The van der Waals surface area contributed by atoms with Gasteiger partial charge in [0.05, 0.1) is 13.2 Å². The summed E-state index contributed by atoms with van der Waals surface area (Å²) in [7, 11) is -1.80. The van der Waals surface area contributed by atoms with E-state index in [-0.39, 0.29) is 11.1 Å². The fourth-order valence-corrected chi connectivity index (χ4v) is 2.54. The second-order valence-electron chi connectivity index (χ2n) is 7.01. The van der Waals surface area contributed by atoms with E-state index < -0.39 is 20.2 Å². The average molecular weight is 276 g/mol. The maximum absolute atomic E-state index is 9.89. The molecule has 0 amide bonds. The van der Waals surface area contributed by atoms with E-state index in [1.165, 1.54) is 0 Å². The van der Waals surface area contributed by atoms with Crippen molar-refractivity contribution in [1.82, 2.24) is 0 Å². The Kier molecular flexibility index (Phi) is 4.66. The van der Waals surface area contributed by atoms with Crippen molar-refractivity contribution in [1.29, 1.82) is 0 Å². The van der Waals surface area contributed by atoms with Gasteiger partial charge in [0.25, 0.3) is 0 Å². The van der Waals surface area contributed by atoms with Gasteiger partial charge in [0.15, 0.2) is 14.1 Å². The van der Waals surface area contributed by atoms with E-state index in [1.807, 2.05) is 13.8 Å². The first-order chi connectivity index (χ1) is 7.95. The van der Waals surface area contributed by atoms with Crippen LogP contribution in [0.15, 0.2) is 0 Å². The van der Waals surface area contributed by atoms with Gasteiger partial charge in [-0.3, -0.25) is 0 Å². The van der Waals surface area contributed by atoms with Gasteiger partial charge in [0.2, 0.25) is 0 Å². The molecule has 5 heteroatoms. The molecule has 1 saturated heterocycles. The van der Waals surface area contributed by atoms with Crippen LogP contribution < -0.4 is 0 Å². The maximum atomic E-state index is 9.89. The van der Waals surface area contributed by atoms with Crippen LogP contribution in [0.25, 0.3) is 0 Å². The molecule has 0 bridgehead atoms. The lowest BCUT2D eigenvalue weighted by Crippen LogP contribution is -2.52. The Labute approximate surface area is 112 Å². The largest absolute Gasteiger partial charge is 0.414 e. The summed E-state index contributed by atoms with van der Waals surface area (Å²) in [5, 5.41) is 10.1. The highest BCUT2D eigenvalue weighted by molar-refractivity contribution is 6.74. The van der Waals surface area contributed by atoms with E-state index in [2.05, 4.69) is 33.9 Å². The summed E-state index contributed by atoms with van der Waals surface area (Å²) in [5.41, 5.74) is 0. The van der Waals surface area contributed by atoms with Crippen LogP contribution in [0.2, 0.25) is 18.1 Å². The molecule has 18 heavy (non-hydrogen) atoms. The van der Waals surface area contributed by atoms with Gasteiger partial charge in [-0.1, -0.05) is 20.8 Å². The molecular weight excluding hydrogens is 248 g/mol. The van der Waals surface area contributed by atoms with Crippen molar-refractivity contribution in [3.05, 3.63) is 0 Å². The quantitative estimate of drug-likeness (QED) is 0.805. The molecule has 0 aromatic heterocycles. The summed E-state index contributed by atoms with van der Waals surface area (Å²) in [5.74, 6) is -0.638. The first-order valence-electron chi connectivity index (χ1n) is 6.58. The minimum atomic E-state index is -1.80. The molecule has 0 aromatic carbocycles. The van der Waals surface area contributed by atoms with Gasteiger partial charge < -0.3 is 19.0 Å². The summed E-state index contributed by atoms with van der Waals surface area (Å²) in [6.07, 6.45) is -0.911. The third-order valence-electron chi connectivity index (χ3n) is 3.88. The summed E-state index contributed by atoms with van der Waals surface area (Å²) in [4.78, 5) is 0. The summed E-state index contributed by atoms with van der Waals surface area (Å²) >= 11 is 0. The van der Waals surface area contributed by atoms with Gasteiger partial charge in [0.1, 0.15) is 12.2 Å². The second-order valence-corrected chi connectivity index (χ2v) is 11.8. The van der Waals surface area contributed by atoms with Gasteiger partial charge in [-0.25, -0.2) is 0 Å². The molecule has 0 radical (unpaired) electrons. The highest BCUT2D eigenvalue weighted by atomic mass is 28.4. The van der Waals surface area contributed by atoms with Crippen LogP contribution in [-0.2, 0) is 13.9 Å². The van der Waals surface area contributed by atoms with E-state index in [9.17, 15) is 5.11 Å². The molecule has 1 rings (SSSR count). The molecule has 0 spiro atoms. The Balaban J connectivity index is 2.57. The number of rotatable bonds is 3. The van der Waals surface area contributed by atoms with E-state index in [0.29, 0.717) is 13.2 Å². The highest BCUT2D eigenvalue weighted by Gasteiger charge is 2.40. The van der Waals surface area contributed by atoms with Crippen molar-refractivity contribution in [2.75, 3.05) is 13.2 Å². The first kappa shape index (κ1) is 16.1. The third-order valence-corrected chi connectivity index (χ3v) is 8.38. The molecule has 1 aliphatic heterocycles. The van der Waals surface area contributed by atoms with Crippen LogP contribution in [0.4, 0.5) is 0 Å². The lowest BCUT2D eigenvalue weighted by atomic mass is 10.2. The minimum Gasteiger partial charge on any atom is -0.414 e. The van der Waals surface area contributed by atoms with Gasteiger partial charge in [-0.15, -0.1) is 0 Å². The Hall–Kier alpha value is 0.0569. The Bertz CT molecular complexity index is 283. The molecule has 0 aromatic rings. The average Bonchev–Trinajstić information content (AvgIpc) is 2.18. The highest BCUT2D eigenvalue weighted by Crippen LogP contribution is 2.37. The van der Waals surface area contributed by atoms with Crippen molar-refractivity contribution in [3.8, 4) is 0 Å². The van der Waals surface area contributed by atoms with E-state index in [4.69, 9.17) is 13.9 Å². The summed E-state index contributed by atoms with van der Waals surface area (Å²) in [6, 6.07) is 0. The number of aliphatic hydroxyl groups excluding tert-OH is 1. The molecule has 0 saturated carbocycles. The van der Waals surface area contributed by atoms with Crippen molar-refractivity contribution < 1.29 is 19.0 Å². The molecule has 1 N–H and O–H groups in total. The maximum Gasteiger partial charge on any atom is 0.192 e. The first-order valence-corrected chi connectivity index (χ1v) is 9.49. The number of hydrogen-bond acceptors (Lipinski definition) is 4. The van der Waals surface area contributed by atoms with Gasteiger partial charge in [-0.05, 0) is 32.0 Å². The van der Waals surface area contributed by atoms with Crippen molar-refractivity contribution in [2.45, 2.75) is 70.7 Å². The lowest BCUT2D eigenvalue weighted by molar-refractivity contribution is -0.307. The Morgan fingerprint density at radius 1 is 1.33 bits per heavy atom. The van der Waals surface area contributed by atoms with Crippen LogP contribution in [0.3, 0.4) is 0 Å². The van der Waals surface area contributed by atoms with Gasteiger partial charge in [0, 0.05) is 0 Å². The van der Waals surface area contributed by atoms with Crippen molar-refractivity contribution >= 4 is 8.32 Å². The molecule has 0 unspecified atom stereocenters. The van der Waals surface area contributed by atoms with Crippen molar-refractivity contribution in [3.63, 3.8) is 0 Å². The Morgan fingerprint density at radius 3 is 2.39 bits per heavy atom. The molecule has 1 aliphatic rings. The van der Waals surface area contributed by atoms with Crippen LogP contribution in [0.5, 0.6) is 0 Å². The normalized spacial score (nSPS) is 29.3. The third kappa shape index (κ3) is 4.03. The van der Waals surface area contributed by atoms with Gasteiger partial charge >= 0.3 is 0 Å². The predicted molar refractivity (Wildman–Crippen MR) is 74.1 cm³/mol. The number of hydrogen-bond donors (Lipinski definition) is 1. The minimum absolute atomic E-state index is 0.165. The molecular formula is C13H28O4Si. The topological polar surface area (TPSA) is 47.9 Å². The predicted octanol–water partition coefficient (Wildman–Crippen LogP) is 2.52. The zero-order valence-electron chi connectivity index (χ0n) is 12.7. The second kappa shape index (κ2) is 5.21. The fourth-order valence-electron chi connectivity index (χ4n) is 1.52. The number of ether oxygens (including phenoxy) is 2. The monoisotopic (exact) mass is 276 g/mol. The van der Waals surface area contributed by atoms with Crippen LogP contribution in [-0.4, -0.2) is 44.6 Å². The summed E-state index contributed by atoms with van der Waals surface area (Å²) in [6.45, 7) is 15.5. The molecule has 1 fully saturated rings. The van der Waals surface area contributed by atoms with E-state index in [1.54, 1.807) is 0 Å². The Morgan fingerprint density at radius 2 is 1.89 bits per heavy atom. The van der Waals surface area contributed by atoms with Crippen LogP contribution in [0.1, 0.15) is 34.6 Å². The molecule has 1 heterocycles. The molecule has 2 atom stereocenters. The van der Waals surface area contributed by atoms with Crippen LogP contribution in [0, 0.1) is 0 Å². The zero-order chi connectivity index (χ0) is 14.2. The molecule has 0 aliphatic carbocycles. The smallest absolute Gasteiger partial charge is 0.192 e. The van der Waals surface area contributed by atoms with E-state index >= 15 is 0 Å². The fraction of sp³-hybridized carbons (Fsp3) is 1.00. The lowest BCUT2D eigenvalue weighted by Gasteiger charge is -2.42. The number of aliphatic hydroxyl groups is 1. The molecule has 108 valence electrons. The van der Waals surface area contributed by atoms with Gasteiger partial charge in [-0.2, -0.15) is 0 Å². The van der Waals surface area contributed by atoms with Crippen molar-refractivity contribution in [2.24, 2.45) is 0 Å². The van der Waals surface area contributed by atoms with E-state index in [0.717, 1.165) is 0 Å². The standard InChI is InChI=1S/C13H28O4Si/c1-12(2,3)18(6,7)16-9-11-10(14)8-15-13(4,5)17-11/h10-11,14H,8-9H2,1-7H3/t10-,11+/m1/s1. The zero-order valence-corrected chi connectivity index (χ0v) is 13.7. The SMILES string of the molecule is CC1(C)OC[C@@H](O)[C@H](CO[Si](C)(C)C(C)(C)C)O1.